The highest BCUT2D eigenvalue weighted by Crippen LogP contribution is 2.40. The Kier molecular flexibility index (Phi) is 2.83. The van der Waals surface area contributed by atoms with Gasteiger partial charge in [0, 0.05) is 11.8 Å². The van der Waals surface area contributed by atoms with E-state index in [9.17, 15) is 9.59 Å². The van der Waals surface area contributed by atoms with E-state index < -0.39 is 12.1 Å². The topological polar surface area (TPSA) is 63.6 Å². The lowest BCUT2D eigenvalue weighted by atomic mass is 9.71. The van der Waals surface area contributed by atoms with E-state index in [-0.39, 0.29) is 23.7 Å². The third kappa shape index (κ3) is 2.05. The Balaban J connectivity index is 2.79. The molecule has 0 aromatic rings. The quantitative estimate of drug-likeness (QED) is 0.685. The van der Waals surface area contributed by atoms with Crippen molar-refractivity contribution in [3.63, 3.8) is 0 Å². The Labute approximate surface area is 83.2 Å². The van der Waals surface area contributed by atoms with Crippen LogP contribution in [0.25, 0.3) is 0 Å². The molecule has 0 aromatic carbocycles. The van der Waals surface area contributed by atoms with Gasteiger partial charge in [-0.15, -0.1) is 0 Å². The summed E-state index contributed by atoms with van der Waals surface area (Å²) in [7, 11) is 0. The summed E-state index contributed by atoms with van der Waals surface area (Å²) < 4.78 is 5.06. The van der Waals surface area contributed by atoms with Crippen molar-refractivity contribution in [2.24, 2.45) is 11.3 Å². The lowest BCUT2D eigenvalue weighted by Crippen LogP contribution is -2.45. The number of cyclic esters (lactones) is 1. The van der Waals surface area contributed by atoms with Crippen molar-refractivity contribution < 1.29 is 19.4 Å². The Morgan fingerprint density at radius 3 is 2.71 bits per heavy atom. The first-order chi connectivity index (χ1) is 6.34. The van der Waals surface area contributed by atoms with Gasteiger partial charge in [-0.1, -0.05) is 20.8 Å². The molecule has 0 aromatic heterocycles. The molecule has 0 bridgehead atoms. The van der Waals surface area contributed by atoms with Crippen molar-refractivity contribution in [1.29, 1.82) is 0 Å². The van der Waals surface area contributed by atoms with Crippen molar-refractivity contribution in [2.75, 3.05) is 0 Å². The molecule has 4 nitrogen and oxygen atoms in total. The third-order valence-electron chi connectivity index (χ3n) is 3.21. The number of hydrogen-bond donors (Lipinski definition) is 1. The standard InChI is InChI=1S/C10H16O4/c1-6-4-9(13)14-7(5-8(11)12)10(6,2)3/h6-7H,4-5H2,1-3H3,(H,11,12). The molecule has 0 radical (unpaired) electrons. The fraction of sp³-hybridized carbons (Fsp3) is 0.800. The zero-order chi connectivity index (χ0) is 10.9. The van der Waals surface area contributed by atoms with Gasteiger partial charge in [-0.25, -0.2) is 0 Å². The Morgan fingerprint density at radius 1 is 1.64 bits per heavy atom. The molecule has 1 rings (SSSR count). The Morgan fingerprint density at radius 2 is 2.21 bits per heavy atom. The maximum atomic E-state index is 11.1. The minimum Gasteiger partial charge on any atom is -0.481 e. The molecule has 1 saturated heterocycles. The molecule has 2 unspecified atom stereocenters. The normalized spacial score (nSPS) is 30.9. The molecule has 0 spiro atoms. The number of carboxylic acids is 1. The van der Waals surface area contributed by atoms with Crippen LogP contribution in [-0.2, 0) is 14.3 Å². The number of carbonyl (C=O) groups excluding carboxylic acids is 1. The zero-order valence-corrected chi connectivity index (χ0v) is 8.74. The number of rotatable bonds is 2. The van der Waals surface area contributed by atoms with Gasteiger partial charge in [0.25, 0.3) is 0 Å². The highest BCUT2D eigenvalue weighted by atomic mass is 16.5. The first-order valence-corrected chi connectivity index (χ1v) is 4.75. The summed E-state index contributed by atoms with van der Waals surface area (Å²) in [5.74, 6) is -1.05. The van der Waals surface area contributed by atoms with E-state index in [0.29, 0.717) is 6.42 Å². The van der Waals surface area contributed by atoms with E-state index in [2.05, 4.69) is 0 Å². The summed E-state index contributed by atoms with van der Waals surface area (Å²) in [6.45, 7) is 5.84. The molecule has 1 heterocycles. The zero-order valence-electron chi connectivity index (χ0n) is 8.74. The highest BCUT2D eigenvalue weighted by molar-refractivity contribution is 5.73. The van der Waals surface area contributed by atoms with E-state index in [1.807, 2.05) is 20.8 Å². The first-order valence-electron chi connectivity index (χ1n) is 4.75. The fourth-order valence-corrected chi connectivity index (χ4v) is 1.65. The number of carbonyl (C=O) groups is 2. The van der Waals surface area contributed by atoms with E-state index in [1.165, 1.54) is 0 Å². The average molecular weight is 200 g/mol. The van der Waals surface area contributed by atoms with Crippen molar-refractivity contribution in [3.05, 3.63) is 0 Å². The van der Waals surface area contributed by atoms with Gasteiger partial charge in [-0.05, 0) is 5.92 Å². The second-order valence-corrected chi connectivity index (χ2v) is 4.50. The molecule has 2 atom stereocenters. The van der Waals surface area contributed by atoms with Crippen LogP contribution in [0.5, 0.6) is 0 Å². The summed E-state index contributed by atoms with van der Waals surface area (Å²) in [4.78, 5) is 21.7. The lowest BCUT2D eigenvalue weighted by molar-refractivity contribution is -0.174. The molecule has 80 valence electrons. The first kappa shape index (κ1) is 11.0. The maximum absolute atomic E-state index is 11.1. The number of ether oxygens (including phenoxy) is 1. The molecule has 4 heteroatoms. The van der Waals surface area contributed by atoms with Crippen LogP contribution in [0, 0.1) is 11.3 Å². The van der Waals surface area contributed by atoms with Gasteiger partial charge < -0.3 is 9.84 Å². The fourth-order valence-electron chi connectivity index (χ4n) is 1.65. The van der Waals surface area contributed by atoms with Gasteiger partial charge in [0.1, 0.15) is 6.10 Å². The number of aliphatic carboxylic acids is 1. The van der Waals surface area contributed by atoms with Crippen LogP contribution in [0.3, 0.4) is 0 Å². The smallest absolute Gasteiger partial charge is 0.307 e. The summed E-state index contributed by atoms with van der Waals surface area (Å²) in [6.07, 6.45) is -0.233. The van der Waals surface area contributed by atoms with Gasteiger partial charge in [0.15, 0.2) is 0 Å². The van der Waals surface area contributed by atoms with Gasteiger partial charge in [-0.2, -0.15) is 0 Å². The lowest BCUT2D eigenvalue weighted by Gasteiger charge is -2.41. The second-order valence-electron chi connectivity index (χ2n) is 4.50. The monoisotopic (exact) mass is 200 g/mol. The average Bonchev–Trinajstić information content (AvgIpc) is 1.99. The largest absolute Gasteiger partial charge is 0.481 e. The van der Waals surface area contributed by atoms with Crippen LogP contribution < -0.4 is 0 Å². The molecule has 1 aliphatic rings. The molecular formula is C10H16O4. The van der Waals surface area contributed by atoms with Crippen LogP contribution in [-0.4, -0.2) is 23.1 Å². The van der Waals surface area contributed by atoms with Crippen LogP contribution in [0.15, 0.2) is 0 Å². The van der Waals surface area contributed by atoms with Crippen LogP contribution >= 0.6 is 0 Å². The van der Waals surface area contributed by atoms with Crippen molar-refractivity contribution in [1.82, 2.24) is 0 Å². The maximum Gasteiger partial charge on any atom is 0.307 e. The van der Waals surface area contributed by atoms with Crippen molar-refractivity contribution >= 4 is 11.9 Å². The molecular weight excluding hydrogens is 184 g/mol. The summed E-state index contributed by atoms with van der Waals surface area (Å²) >= 11 is 0. The van der Waals surface area contributed by atoms with Crippen LogP contribution in [0.4, 0.5) is 0 Å². The van der Waals surface area contributed by atoms with E-state index >= 15 is 0 Å². The Bertz CT molecular complexity index is 255. The molecule has 1 N–H and O–H groups in total. The molecule has 0 aliphatic carbocycles. The van der Waals surface area contributed by atoms with Gasteiger partial charge >= 0.3 is 11.9 Å². The SMILES string of the molecule is CC1CC(=O)OC(CC(=O)O)C1(C)C. The van der Waals surface area contributed by atoms with Crippen LogP contribution in [0.1, 0.15) is 33.6 Å². The predicted molar refractivity (Wildman–Crippen MR) is 49.7 cm³/mol. The van der Waals surface area contributed by atoms with Crippen LogP contribution in [0.2, 0.25) is 0 Å². The van der Waals surface area contributed by atoms with Gasteiger partial charge in [0.05, 0.1) is 6.42 Å². The molecule has 1 aliphatic heterocycles. The molecule has 0 saturated carbocycles. The van der Waals surface area contributed by atoms with Gasteiger partial charge in [-0.3, -0.25) is 9.59 Å². The summed E-state index contributed by atoms with van der Waals surface area (Å²) in [5, 5.41) is 8.68. The van der Waals surface area contributed by atoms with E-state index in [1.54, 1.807) is 0 Å². The Hall–Kier alpha value is -1.06. The number of hydrogen-bond acceptors (Lipinski definition) is 3. The summed E-state index contributed by atoms with van der Waals surface area (Å²) in [6, 6.07) is 0. The summed E-state index contributed by atoms with van der Waals surface area (Å²) in [5.41, 5.74) is -0.258. The predicted octanol–water partition coefficient (Wildman–Crippen LogP) is 1.44. The second kappa shape index (κ2) is 3.59. The molecule has 0 amide bonds. The third-order valence-corrected chi connectivity index (χ3v) is 3.21. The van der Waals surface area contributed by atoms with Gasteiger partial charge in [0.2, 0.25) is 0 Å². The van der Waals surface area contributed by atoms with E-state index in [0.717, 1.165) is 0 Å². The van der Waals surface area contributed by atoms with Crippen molar-refractivity contribution in [2.45, 2.75) is 39.7 Å². The number of carboxylic acid groups (broad SMARTS) is 1. The van der Waals surface area contributed by atoms with E-state index in [4.69, 9.17) is 9.84 Å². The highest BCUT2D eigenvalue weighted by Gasteiger charge is 2.43. The minimum atomic E-state index is -0.926. The molecule has 14 heavy (non-hydrogen) atoms. The van der Waals surface area contributed by atoms with Crippen molar-refractivity contribution in [3.8, 4) is 0 Å². The molecule has 1 fully saturated rings. The minimum absolute atomic E-state index is 0.108. The number of esters is 1.